The van der Waals surface area contributed by atoms with E-state index in [0.29, 0.717) is 0 Å². The minimum absolute atomic E-state index is 0.0480. The highest BCUT2D eigenvalue weighted by Crippen LogP contribution is 2.44. The molecule has 0 amide bonds. The lowest BCUT2D eigenvalue weighted by molar-refractivity contribution is 0.465. The summed E-state index contributed by atoms with van der Waals surface area (Å²) in [4.78, 5) is 0. The van der Waals surface area contributed by atoms with Gasteiger partial charge in [0.25, 0.3) is 6.71 Å². The van der Waals surface area contributed by atoms with E-state index >= 15 is 0 Å². The van der Waals surface area contributed by atoms with Gasteiger partial charge in [0.15, 0.2) is 0 Å². The van der Waals surface area contributed by atoms with E-state index in [4.69, 9.17) is 9.47 Å². The van der Waals surface area contributed by atoms with Gasteiger partial charge in [-0.15, -0.1) is 0 Å². The Morgan fingerprint density at radius 3 is 1.49 bits per heavy atom. The molecular formula is C62H41BN2O2. The van der Waals surface area contributed by atoms with Gasteiger partial charge in [0.1, 0.15) is 23.0 Å². The van der Waals surface area contributed by atoms with Crippen molar-refractivity contribution in [1.29, 1.82) is 0 Å². The molecule has 2 aliphatic rings. The molecule has 4 heterocycles. The zero-order chi connectivity index (χ0) is 44.3. The van der Waals surface area contributed by atoms with Crippen LogP contribution in [0.1, 0.15) is 11.1 Å². The van der Waals surface area contributed by atoms with Gasteiger partial charge in [0.2, 0.25) is 0 Å². The maximum Gasteiger partial charge on any atom is 0.260 e. The second-order valence-corrected chi connectivity index (χ2v) is 18.1. The third-order valence-electron chi connectivity index (χ3n) is 14.3. The van der Waals surface area contributed by atoms with Gasteiger partial charge in [0.05, 0.1) is 22.1 Å². The Kier molecular flexibility index (Phi) is 8.17. The van der Waals surface area contributed by atoms with Crippen molar-refractivity contribution < 1.29 is 9.47 Å². The smallest absolute Gasteiger partial charge is 0.260 e. The van der Waals surface area contributed by atoms with E-state index in [0.717, 1.165) is 73.0 Å². The molecule has 0 aliphatic carbocycles. The quantitative estimate of drug-likeness (QED) is 0.161. The van der Waals surface area contributed by atoms with E-state index in [9.17, 15) is 0 Å². The van der Waals surface area contributed by atoms with Crippen molar-refractivity contribution in [2.75, 3.05) is 0 Å². The molecule has 0 saturated heterocycles. The molecule has 0 spiro atoms. The molecule has 5 heteroatoms. The molecule has 0 bridgehead atoms. The lowest BCUT2D eigenvalue weighted by Crippen LogP contribution is -2.57. The van der Waals surface area contributed by atoms with Crippen LogP contribution in [0.25, 0.3) is 88.4 Å². The SMILES string of the molecule is Cc1ccccc1-c1ccc2c(c1)Oc1cc(-c3ccc(-n4c5ccccc5c5c4ccc4c6ccccc6n(-c6ccccc6)c45)cc3)cc3c1B2c1ccc(-c2ccccc2C)cc1O3. The lowest BCUT2D eigenvalue weighted by Gasteiger charge is -2.34. The van der Waals surface area contributed by atoms with Crippen molar-refractivity contribution in [3.63, 3.8) is 0 Å². The second kappa shape index (κ2) is 14.5. The topological polar surface area (TPSA) is 28.3 Å². The molecule has 2 aromatic heterocycles. The Hall–Kier alpha value is -8.54. The normalized spacial score (nSPS) is 12.5. The minimum atomic E-state index is -0.0480. The fourth-order valence-electron chi connectivity index (χ4n) is 11.2. The summed E-state index contributed by atoms with van der Waals surface area (Å²) < 4.78 is 18.9. The Morgan fingerprint density at radius 2 is 0.866 bits per heavy atom. The van der Waals surface area contributed by atoms with Crippen molar-refractivity contribution in [2.45, 2.75) is 13.8 Å². The largest absolute Gasteiger partial charge is 0.458 e. The molecule has 2 aliphatic heterocycles. The van der Waals surface area contributed by atoms with Crippen molar-refractivity contribution in [1.82, 2.24) is 9.13 Å². The predicted molar refractivity (Wildman–Crippen MR) is 279 cm³/mol. The van der Waals surface area contributed by atoms with Crippen LogP contribution in [0.3, 0.4) is 0 Å². The first-order valence-corrected chi connectivity index (χ1v) is 23.1. The van der Waals surface area contributed by atoms with Gasteiger partial charge in [-0.05, 0) is 136 Å². The maximum atomic E-state index is 7.00. The summed E-state index contributed by atoms with van der Waals surface area (Å²) in [5.74, 6) is 3.40. The van der Waals surface area contributed by atoms with E-state index in [1.165, 1.54) is 65.9 Å². The molecule has 0 unspecified atom stereocenters. The summed E-state index contributed by atoms with van der Waals surface area (Å²) >= 11 is 0. The van der Waals surface area contributed by atoms with Crippen LogP contribution in [-0.2, 0) is 0 Å². The van der Waals surface area contributed by atoms with Crippen LogP contribution in [-0.4, -0.2) is 15.8 Å². The number of hydrogen-bond donors (Lipinski definition) is 0. The van der Waals surface area contributed by atoms with E-state index in [-0.39, 0.29) is 6.71 Å². The van der Waals surface area contributed by atoms with Crippen molar-refractivity contribution in [3.05, 3.63) is 223 Å². The summed E-state index contributed by atoms with van der Waals surface area (Å²) in [5.41, 5.74) is 19.6. The number of fused-ring (bicyclic) bond motifs is 11. The van der Waals surface area contributed by atoms with Crippen molar-refractivity contribution in [3.8, 4) is 67.8 Å². The maximum absolute atomic E-state index is 7.00. The predicted octanol–water partition coefficient (Wildman–Crippen LogP) is 14.2. The number of ether oxygens (including phenoxy) is 2. The monoisotopic (exact) mass is 856 g/mol. The minimum Gasteiger partial charge on any atom is -0.458 e. The average molecular weight is 857 g/mol. The van der Waals surface area contributed by atoms with Crippen LogP contribution in [0.5, 0.6) is 23.0 Å². The third kappa shape index (κ3) is 5.68. The summed E-state index contributed by atoms with van der Waals surface area (Å²) in [6.45, 7) is 4.29. The third-order valence-corrected chi connectivity index (χ3v) is 14.3. The van der Waals surface area contributed by atoms with Crippen LogP contribution < -0.4 is 25.9 Å². The molecule has 14 rings (SSSR count). The number of nitrogens with zero attached hydrogens (tertiary/aromatic N) is 2. The number of aryl methyl sites for hydroxylation is 2. The highest BCUT2D eigenvalue weighted by Gasteiger charge is 2.41. The first-order chi connectivity index (χ1) is 33.1. The molecule has 0 atom stereocenters. The highest BCUT2D eigenvalue weighted by molar-refractivity contribution is 6.98. The molecule has 67 heavy (non-hydrogen) atoms. The molecule has 0 fully saturated rings. The Bertz CT molecular complexity index is 3890. The zero-order valence-electron chi connectivity index (χ0n) is 37.0. The van der Waals surface area contributed by atoms with Gasteiger partial charge in [-0.25, -0.2) is 0 Å². The van der Waals surface area contributed by atoms with Crippen LogP contribution in [0.15, 0.2) is 212 Å². The molecule has 0 saturated carbocycles. The van der Waals surface area contributed by atoms with Crippen molar-refractivity contribution >= 4 is 66.7 Å². The number of para-hydroxylation sites is 3. The summed E-state index contributed by atoms with van der Waals surface area (Å²) in [7, 11) is 0. The number of aromatic nitrogens is 2. The van der Waals surface area contributed by atoms with Gasteiger partial charge in [-0.2, -0.15) is 0 Å². The molecule has 0 N–H and O–H groups in total. The van der Waals surface area contributed by atoms with Gasteiger partial charge in [-0.1, -0.05) is 146 Å². The molecule has 4 nitrogen and oxygen atoms in total. The second-order valence-electron chi connectivity index (χ2n) is 18.1. The van der Waals surface area contributed by atoms with Gasteiger partial charge in [-0.3, -0.25) is 0 Å². The van der Waals surface area contributed by atoms with Crippen LogP contribution >= 0.6 is 0 Å². The summed E-state index contributed by atoms with van der Waals surface area (Å²) in [6.07, 6.45) is 0. The van der Waals surface area contributed by atoms with E-state index in [2.05, 4.69) is 235 Å². The first kappa shape index (κ1) is 37.8. The molecule has 0 radical (unpaired) electrons. The Labute approximate surface area is 388 Å². The van der Waals surface area contributed by atoms with E-state index in [1.54, 1.807) is 0 Å². The number of hydrogen-bond acceptors (Lipinski definition) is 2. The van der Waals surface area contributed by atoms with E-state index < -0.39 is 0 Å². The lowest BCUT2D eigenvalue weighted by atomic mass is 9.34. The summed E-state index contributed by atoms with van der Waals surface area (Å²) in [5, 5.41) is 4.96. The highest BCUT2D eigenvalue weighted by atomic mass is 16.5. The van der Waals surface area contributed by atoms with Gasteiger partial charge < -0.3 is 18.6 Å². The first-order valence-electron chi connectivity index (χ1n) is 23.1. The molecule has 12 aromatic rings. The Morgan fingerprint density at radius 1 is 0.358 bits per heavy atom. The van der Waals surface area contributed by atoms with E-state index in [1.807, 2.05) is 0 Å². The standard InChI is InChI=1S/C62H41BN2O2/c1-38-14-6-8-18-46(38)41-26-31-51-56(34-41)66-58-36-43(37-59-61(58)63(51)52-32-27-42(35-57(52)67-59)47-19-9-7-15-39(47)2)40-24-28-45(29-25-40)64-54-23-13-11-21-50(54)60-55(64)33-30-49-48-20-10-12-22-53(48)65(62(49)60)44-16-4-3-5-17-44/h3-37H,1-2H3. The van der Waals surface area contributed by atoms with Crippen molar-refractivity contribution in [2.24, 2.45) is 0 Å². The Balaban J connectivity index is 0.920. The molecular weight excluding hydrogens is 816 g/mol. The summed E-state index contributed by atoms with van der Waals surface area (Å²) in [6, 6.07) is 76.9. The van der Waals surface area contributed by atoms with Crippen LogP contribution in [0.2, 0.25) is 0 Å². The average Bonchev–Trinajstić information content (AvgIpc) is 3.89. The number of benzene rings is 10. The van der Waals surface area contributed by atoms with Crippen LogP contribution in [0, 0.1) is 13.8 Å². The molecule has 10 aromatic carbocycles. The van der Waals surface area contributed by atoms with Gasteiger partial charge >= 0.3 is 0 Å². The molecule has 314 valence electrons. The van der Waals surface area contributed by atoms with Crippen LogP contribution in [0.4, 0.5) is 0 Å². The number of rotatable bonds is 5. The fourth-order valence-corrected chi connectivity index (χ4v) is 11.2. The van der Waals surface area contributed by atoms with Gasteiger partial charge in [0, 0.05) is 38.4 Å². The zero-order valence-corrected chi connectivity index (χ0v) is 37.0. The fraction of sp³-hybridized carbons (Fsp3) is 0.0323.